The fraction of sp³-hybridized carbons (Fsp3) is 0.500. The van der Waals surface area contributed by atoms with Gasteiger partial charge < -0.3 is 19.5 Å². The average Bonchev–Trinajstić information content (AvgIpc) is 3.34. The highest BCUT2D eigenvalue weighted by molar-refractivity contribution is 5.98. The fourth-order valence-corrected chi connectivity index (χ4v) is 1.95. The highest BCUT2D eigenvalue weighted by atomic mass is 16.5. The summed E-state index contributed by atoms with van der Waals surface area (Å²) in [6, 6.07) is 4.02. The Hall–Kier alpha value is -2.24. The minimum Gasteiger partial charge on any atom is -0.497 e. The number of carboxylic acid groups (broad SMARTS) is 1. The largest absolute Gasteiger partial charge is 0.497 e. The summed E-state index contributed by atoms with van der Waals surface area (Å²) >= 11 is 0. The van der Waals surface area contributed by atoms with Gasteiger partial charge in [0.1, 0.15) is 17.5 Å². The molecule has 0 bridgehead atoms. The van der Waals surface area contributed by atoms with Crippen molar-refractivity contribution in [3.63, 3.8) is 0 Å². The minimum atomic E-state index is -1.05. The number of carbonyl (C=O) groups excluding carboxylic acids is 1. The molecule has 6 heteroatoms. The summed E-state index contributed by atoms with van der Waals surface area (Å²) in [5.74, 6) is 0.134. The van der Waals surface area contributed by atoms with Gasteiger partial charge in [-0.15, -0.1) is 0 Å². The van der Waals surface area contributed by atoms with Crippen molar-refractivity contribution in [1.29, 1.82) is 0 Å². The van der Waals surface area contributed by atoms with Crippen molar-refractivity contribution in [2.24, 2.45) is 5.92 Å². The Labute approximate surface area is 129 Å². The van der Waals surface area contributed by atoms with E-state index >= 15 is 0 Å². The summed E-state index contributed by atoms with van der Waals surface area (Å²) in [5, 5.41) is 9.04. The first kappa shape index (κ1) is 16.1. The lowest BCUT2D eigenvalue weighted by Crippen LogP contribution is -2.40. The van der Waals surface area contributed by atoms with Gasteiger partial charge in [-0.25, -0.2) is 4.79 Å². The number of methoxy groups -OCH3 is 1. The average molecular weight is 307 g/mol. The van der Waals surface area contributed by atoms with Crippen molar-refractivity contribution in [3.05, 3.63) is 23.8 Å². The van der Waals surface area contributed by atoms with Crippen LogP contribution in [-0.4, -0.2) is 48.7 Å². The molecular formula is C16H21NO5. The van der Waals surface area contributed by atoms with E-state index in [1.54, 1.807) is 25.3 Å². The molecule has 1 aliphatic carbocycles. The van der Waals surface area contributed by atoms with E-state index in [0.717, 1.165) is 12.8 Å². The van der Waals surface area contributed by atoms with E-state index in [1.807, 2.05) is 0 Å². The molecule has 120 valence electrons. The molecule has 0 heterocycles. The summed E-state index contributed by atoms with van der Waals surface area (Å²) in [4.78, 5) is 24.7. The minimum absolute atomic E-state index is 0.344. The number of aliphatic carboxylic acids is 1. The number of carbonyl (C=O) groups is 2. The summed E-state index contributed by atoms with van der Waals surface area (Å²) in [7, 11) is 3.01. The number of rotatable bonds is 7. The van der Waals surface area contributed by atoms with Crippen molar-refractivity contribution in [2.45, 2.75) is 25.8 Å². The normalized spacial score (nSPS) is 15.0. The first-order valence-electron chi connectivity index (χ1n) is 7.24. The molecule has 1 N–H and O–H groups in total. The number of carboxylic acids is 1. The molecule has 1 amide bonds. The van der Waals surface area contributed by atoms with Crippen molar-refractivity contribution >= 4 is 11.9 Å². The lowest BCUT2D eigenvalue weighted by molar-refractivity contribution is -0.141. The van der Waals surface area contributed by atoms with Gasteiger partial charge in [0.2, 0.25) is 0 Å². The smallest absolute Gasteiger partial charge is 0.326 e. The van der Waals surface area contributed by atoms with Crippen LogP contribution < -0.4 is 9.47 Å². The zero-order chi connectivity index (χ0) is 16.3. The Morgan fingerprint density at radius 1 is 1.41 bits per heavy atom. The highest BCUT2D eigenvalue weighted by Gasteiger charge is 2.27. The van der Waals surface area contributed by atoms with E-state index in [-0.39, 0.29) is 5.91 Å². The number of hydrogen-bond donors (Lipinski definition) is 1. The van der Waals surface area contributed by atoms with Crippen LogP contribution in [0.15, 0.2) is 18.2 Å². The van der Waals surface area contributed by atoms with Crippen LogP contribution in [0.2, 0.25) is 0 Å². The van der Waals surface area contributed by atoms with Crippen molar-refractivity contribution in [1.82, 2.24) is 4.90 Å². The second-order valence-electron chi connectivity index (χ2n) is 5.55. The predicted molar refractivity (Wildman–Crippen MR) is 80.4 cm³/mol. The quantitative estimate of drug-likeness (QED) is 0.834. The monoisotopic (exact) mass is 307 g/mol. The van der Waals surface area contributed by atoms with E-state index in [0.29, 0.717) is 29.6 Å². The Kier molecular flexibility index (Phi) is 4.90. The molecule has 2 rings (SSSR count). The van der Waals surface area contributed by atoms with Gasteiger partial charge in [-0.05, 0) is 37.8 Å². The van der Waals surface area contributed by atoms with Crippen LogP contribution in [-0.2, 0) is 4.79 Å². The molecule has 0 radical (unpaired) electrons. The third-order valence-corrected chi connectivity index (χ3v) is 3.85. The van der Waals surface area contributed by atoms with Gasteiger partial charge in [-0.2, -0.15) is 0 Å². The molecular weight excluding hydrogens is 286 g/mol. The Balaban J connectivity index is 2.23. The number of amides is 1. The number of hydrogen-bond acceptors (Lipinski definition) is 4. The van der Waals surface area contributed by atoms with Gasteiger partial charge in [0.25, 0.3) is 5.91 Å². The van der Waals surface area contributed by atoms with Crippen LogP contribution in [0.3, 0.4) is 0 Å². The Morgan fingerprint density at radius 3 is 2.64 bits per heavy atom. The van der Waals surface area contributed by atoms with Crippen LogP contribution in [0.25, 0.3) is 0 Å². The maximum atomic E-state index is 12.5. The van der Waals surface area contributed by atoms with Gasteiger partial charge in [-0.3, -0.25) is 4.79 Å². The maximum Gasteiger partial charge on any atom is 0.326 e. The molecule has 1 fully saturated rings. The van der Waals surface area contributed by atoms with Crippen LogP contribution in [0.5, 0.6) is 11.5 Å². The molecule has 0 spiro atoms. The first-order valence-corrected chi connectivity index (χ1v) is 7.24. The molecule has 22 heavy (non-hydrogen) atoms. The molecule has 1 unspecified atom stereocenters. The maximum absolute atomic E-state index is 12.5. The van der Waals surface area contributed by atoms with Gasteiger partial charge in [0.15, 0.2) is 0 Å². The third-order valence-electron chi connectivity index (χ3n) is 3.85. The molecule has 1 atom stereocenters. The number of nitrogens with zero attached hydrogens (tertiary/aromatic N) is 1. The van der Waals surface area contributed by atoms with Crippen molar-refractivity contribution in [3.8, 4) is 11.5 Å². The molecule has 1 aromatic carbocycles. The topological polar surface area (TPSA) is 76.1 Å². The van der Waals surface area contributed by atoms with Gasteiger partial charge >= 0.3 is 5.97 Å². The van der Waals surface area contributed by atoms with Crippen LogP contribution in [0.1, 0.15) is 30.1 Å². The summed E-state index contributed by atoms with van der Waals surface area (Å²) in [5.41, 5.74) is 0.344. The number of ether oxygens (including phenoxy) is 2. The third kappa shape index (κ3) is 3.69. The fourth-order valence-electron chi connectivity index (χ4n) is 1.95. The van der Waals surface area contributed by atoms with Crippen LogP contribution in [0, 0.1) is 5.92 Å². The molecule has 0 saturated heterocycles. The van der Waals surface area contributed by atoms with Crippen molar-refractivity contribution < 1.29 is 24.2 Å². The molecule has 0 aliphatic heterocycles. The predicted octanol–water partition coefficient (Wildman–Crippen LogP) is 2.03. The lowest BCUT2D eigenvalue weighted by Gasteiger charge is -2.23. The van der Waals surface area contributed by atoms with E-state index in [1.165, 1.54) is 18.9 Å². The number of benzene rings is 1. The van der Waals surface area contributed by atoms with Gasteiger partial charge in [-0.1, -0.05) is 0 Å². The van der Waals surface area contributed by atoms with Gasteiger partial charge in [0.05, 0.1) is 19.3 Å². The summed E-state index contributed by atoms with van der Waals surface area (Å²) in [6.07, 6.45) is 2.28. The second kappa shape index (κ2) is 6.68. The Bertz CT molecular complexity index is 568. The van der Waals surface area contributed by atoms with Crippen LogP contribution >= 0.6 is 0 Å². The van der Waals surface area contributed by atoms with E-state index in [9.17, 15) is 9.59 Å². The zero-order valence-corrected chi connectivity index (χ0v) is 13.0. The lowest BCUT2D eigenvalue weighted by atomic mass is 10.1. The number of likely N-dealkylation sites (N-methyl/N-ethyl adjacent to an activating group) is 1. The molecule has 0 aromatic heterocycles. The summed E-state index contributed by atoms with van der Waals surface area (Å²) in [6.45, 7) is 2.03. The Morgan fingerprint density at radius 2 is 2.09 bits per heavy atom. The highest BCUT2D eigenvalue weighted by Crippen LogP contribution is 2.32. The van der Waals surface area contributed by atoms with E-state index < -0.39 is 12.0 Å². The standard InChI is InChI=1S/C16H21NO5/c1-10(16(19)20)17(2)15(18)13-7-6-12(21-3)8-14(13)22-9-11-4-5-11/h6-8,10-11H,4-5,9H2,1-3H3,(H,19,20). The van der Waals surface area contributed by atoms with Crippen LogP contribution in [0.4, 0.5) is 0 Å². The second-order valence-corrected chi connectivity index (χ2v) is 5.55. The summed E-state index contributed by atoms with van der Waals surface area (Å²) < 4.78 is 10.9. The SMILES string of the molecule is COc1ccc(C(=O)N(C)C(C)C(=O)O)c(OCC2CC2)c1. The van der Waals surface area contributed by atoms with E-state index in [2.05, 4.69) is 0 Å². The molecule has 6 nitrogen and oxygen atoms in total. The van der Waals surface area contributed by atoms with Gasteiger partial charge in [0, 0.05) is 13.1 Å². The molecule has 1 aromatic rings. The first-order chi connectivity index (χ1) is 10.4. The van der Waals surface area contributed by atoms with E-state index in [4.69, 9.17) is 14.6 Å². The molecule has 1 aliphatic rings. The zero-order valence-electron chi connectivity index (χ0n) is 13.0. The molecule has 1 saturated carbocycles. The van der Waals surface area contributed by atoms with Crippen molar-refractivity contribution in [2.75, 3.05) is 20.8 Å².